The Balaban J connectivity index is 2.11. The fourth-order valence-corrected chi connectivity index (χ4v) is 2.73. The smallest absolute Gasteiger partial charge is 0.320 e. The lowest BCUT2D eigenvalue weighted by atomic mass is 10.1. The lowest BCUT2D eigenvalue weighted by molar-refractivity contribution is 0.616. The molecule has 0 saturated carbocycles. The van der Waals surface area contributed by atoms with Gasteiger partial charge in [0.15, 0.2) is 5.16 Å². The number of hydrogen-bond donors (Lipinski definition) is 2. The summed E-state index contributed by atoms with van der Waals surface area (Å²) in [4.78, 5) is 11.4. The molecule has 1 aromatic carbocycles. The van der Waals surface area contributed by atoms with Crippen molar-refractivity contribution in [1.29, 1.82) is 0 Å². The SMILES string of the molecule is CCn1c(SCc2ccc(C#CCN)cc2F)n[nH]c1=O. The first kappa shape index (κ1) is 15.4. The van der Waals surface area contributed by atoms with Crippen LogP contribution in [0.1, 0.15) is 18.1 Å². The largest absolute Gasteiger partial charge is 0.343 e. The minimum Gasteiger partial charge on any atom is -0.320 e. The molecule has 7 heteroatoms. The number of nitrogens with one attached hydrogen (secondary N) is 1. The van der Waals surface area contributed by atoms with E-state index in [1.807, 2.05) is 6.92 Å². The van der Waals surface area contributed by atoms with Crippen LogP contribution in [0, 0.1) is 17.7 Å². The summed E-state index contributed by atoms with van der Waals surface area (Å²) in [5, 5.41) is 6.85. The summed E-state index contributed by atoms with van der Waals surface area (Å²) in [5.74, 6) is 5.53. The molecule has 110 valence electrons. The standard InChI is InChI=1S/C14H15FN4OS/c1-2-19-13(20)17-18-14(19)21-9-11-6-5-10(4-3-7-16)8-12(11)15/h5-6,8H,2,7,9,16H2,1H3,(H,17,20). The van der Waals surface area contributed by atoms with E-state index in [-0.39, 0.29) is 18.1 Å². The predicted octanol–water partition coefficient (Wildman–Crippen LogP) is 1.33. The van der Waals surface area contributed by atoms with Crippen molar-refractivity contribution in [3.63, 3.8) is 0 Å². The van der Waals surface area contributed by atoms with Crippen LogP contribution < -0.4 is 11.4 Å². The Bertz CT molecular complexity index is 741. The molecule has 0 aliphatic carbocycles. The second kappa shape index (κ2) is 7.11. The van der Waals surface area contributed by atoms with Crippen LogP contribution in [0.2, 0.25) is 0 Å². The molecule has 5 nitrogen and oxygen atoms in total. The van der Waals surface area contributed by atoms with Crippen molar-refractivity contribution in [2.24, 2.45) is 5.73 Å². The summed E-state index contributed by atoms with van der Waals surface area (Å²) < 4.78 is 15.5. The van der Waals surface area contributed by atoms with Gasteiger partial charge in [0.2, 0.25) is 0 Å². The minimum atomic E-state index is -0.327. The maximum atomic E-state index is 14.0. The fraction of sp³-hybridized carbons (Fsp3) is 0.286. The lowest BCUT2D eigenvalue weighted by Crippen LogP contribution is -2.16. The van der Waals surface area contributed by atoms with E-state index in [0.717, 1.165) is 0 Å². The maximum Gasteiger partial charge on any atom is 0.343 e. The zero-order chi connectivity index (χ0) is 15.2. The number of H-pyrrole nitrogens is 1. The molecule has 0 aliphatic heterocycles. The van der Waals surface area contributed by atoms with Gasteiger partial charge in [-0.15, -0.1) is 5.10 Å². The summed E-state index contributed by atoms with van der Waals surface area (Å²) in [7, 11) is 0. The molecule has 0 bridgehead atoms. The van der Waals surface area contributed by atoms with Gasteiger partial charge in [0.05, 0.1) is 6.54 Å². The van der Waals surface area contributed by atoms with E-state index in [1.165, 1.54) is 22.4 Å². The second-order valence-corrected chi connectivity index (χ2v) is 5.10. The first-order chi connectivity index (χ1) is 10.2. The van der Waals surface area contributed by atoms with E-state index < -0.39 is 0 Å². The Labute approximate surface area is 125 Å². The molecule has 0 radical (unpaired) electrons. The van der Waals surface area contributed by atoms with Crippen molar-refractivity contribution in [1.82, 2.24) is 14.8 Å². The van der Waals surface area contributed by atoms with Crippen LogP contribution in [0.25, 0.3) is 0 Å². The van der Waals surface area contributed by atoms with Gasteiger partial charge < -0.3 is 5.73 Å². The molecule has 3 N–H and O–H groups in total. The maximum absolute atomic E-state index is 14.0. The molecule has 2 rings (SSSR count). The number of rotatable bonds is 4. The van der Waals surface area contributed by atoms with Crippen molar-refractivity contribution < 1.29 is 4.39 Å². The molecule has 0 aliphatic rings. The fourth-order valence-electron chi connectivity index (χ4n) is 1.73. The molecule has 1 heterocycles. The van der Waals surface area contributed by atoms with Crippen LogP contribution in [0.4, 0.5) is 4.39 Å². The molecule has 0 saturated heterocycles. The van der Waals surface area contributed by atoms with Crippen molar-refractivity contribution in [3.05, 3.63) is 45.6 Å². The van der Waals surface area contributed by atoms with E-state index in [9.17, 15) is 9.18 Å². The van der Waals surface area contributed by atoms with Gasteiger partial charge >= 0.3 is 5.69 Å². The van der Waals surface area contributed by atoms with Crippen molar-refractivity contribution >= 4 is 11.8 Å². The number of hydrogen-bond acceptors (Lipinski definition) is 4. The predicted molar refractivity (Wildman–Crippen MR) is 80.4 cm³/mol. The minimum absolute atomic E-state index is 0.243. The average Bonchev–Trinajstić information content (AvgIpc) is 2.84. The zero-order valence-electron chi connectivity index (χ0n) is 11.5. The van der Waals surface area contributed by atoms with Crippen LogP contribution in [0.3, 0.4) is 0 Å². The van der Waals surface area contributed by atoms with E-state index in [1.54, 1.807) is 12.1 Å². The highest BCUT2D eigenvalue weighted by atomic mass is 32.2. The van der Waals surface area contributed by atoms with Gasteiger partial charge in [0.1, 0.15) is 5.82 Å². The highest BCUT2D eigenvalue weighted by Crippen LogP contribution is 2.22. The molecule has 0 unspecified atom stereocenters. The summed E-state index contributed by atoms with van der Waals surface area (Å²) in [5.41, 5.74) is 6.15. The van der Waals surface area contributed by atoms with Crippen LogP contribution in [-0.2, 0) is 12.3 Å². The molecule has 1 aromatic heterocycles. The highest BCUT2D eigenvalue weighted by molar-refractivity contribution is 7.98. The molecule has 0 fully saturated rings. The Morgan fingerprint density at radius 3 is 3.00 bits per heavy atom. The number of nitrogens with two attached hydrogens (primary N) is 1. The molecule has 2 aromatic rings. The Morgan fingerprint density at radius 1 is 1.52 bits per heavy atom. The topological polar surface area (TPSA) is 76.7 Å². The summed E-state index contributed by atoms with van der Waals surface area (Å²) in [6.07, 6.45) is 0. The van der Waals surface area contributed by atoms with E-state index in [0.29, 0.717) is 28.6 Å². The third-order valence-electron chi connectivity index (χ3n) is 2.78. The summed E-state index contributed by atoms with van der Waals surface area (Å²) in [6, 6.07) is 4.82. The van der Waals surface area contributed by atoms with Crippen molar-refractivity contribution in [2.75, 3.05) is 6.54 Å². The van der Waals surface area contributed by atoms with E-state index >= 15 is 0 Å². The first-order valence-electron chi connectivity index (χ1n) is 6.41. The van der Waals surface area contributed by atoms with Crippen LogP contribution in [0.5, 0.6) is 0 Å². The first-order valence-corrected chi connectivity index (χ1v) is 7.39. The van der Waals surface area contributed by atoms with Crippen LogP contribution in [-0.4, -0.2) is 21.3 Å². The van der Waals surface area contributed by atoms with Crippen molar-refractivity contribution in [2.45, 2.75) is 24.4 Å². The third-order valence-corrected chi connectivity index (χ3v) is 3.81. The third kappa shape index (κ3) is 3.74. The molecular weight excluding hydrogens is 291 g/mol. The normalized spacial score (nSPS) is 10.2. The number of aromatic nitrogens is 3. The van der Waals surface area contributed by atoms with Gasteiger partial charge in [-0.2, -0.15) is 0 Å². The molecular formula is C14H15FN4OS. The van der Waals surface area contributed by atoms with Crippen LogP contribution in [0.15, 0.2) is 28.2 Å². The number of halogens is 1. The number of aromatic amines is 1. The van der Waals surface area contributed by atoms with Gasteiger partial charge in [-0.1, -0.05) is 29.7 Å². The monoisotopic (exact) mass is 306 g/mol. The molecule has 0 atom stereocenters. The zero-order valence-corrected chi connectivity index (χ0v) is 12.3. The Morgan fingerprint density at radius 2 is 2.33 bits per heavy atom. The summed E-state index contributed by atoms with van der Waals surface area (Å²) >= 11 is 1.31. The van der Waals surface area contributed by atoms with Crippen molar-refractivity contribution in [3.8, 4) is 11.8 Å². The average molecular weight is 306 g/mol. The van der Waals surface area contributed by atoms with Gasteiger partial charge in [0, 0.05) is 17.9 Å². The molecule has 21 heavy (non-hydrogen) atoms. The molecule has 0 spiro atoms. The Kier molecular flexibility index (Phi) is 5.20. The lowest BCUT2D eigenvalue weighted by Gasteiger charge is -2.04. The van der Waals surface area contributed by atoms with Gasteiger partial charge in [-0.25, -0.2) is 14.3 Å². The van der Waals surface area contributed by atoms with Gasteiger partial charge in [-0.3, -0.25) is 4.57 Å². The second-order valence-electron chi connectivity index (χ2n) is 4.16. The Hall–Kier alpha value is -2.04. The summed E-state index contributed by atoms with van der Waals surface area (Å²) in [6.45, 7) is 2.62. The quantitative estimate of drug-likeness (QED) is 0.660. The number of nitrogens with zero attached hydrogens (tertiary/aromatic N) is 2. The van der Waals surface area contributed by atoms with Gasteiger partial charge in [-0.05, 0) is 24.6 Å². The van der Waals surface area contributed by atoms with E-state index in [4.69, 9.17) is 5.73 Å². The van der Waals surface area contributed by atoms with E-state index in [2.05, 4.69) is 22.0 Å². The van der Waals surface area contributed by atoms with Crippen LogP contribution >= 0.6 is 11.8 Å². The molecule has 0 amide bonds. The number of thioether (sulfide) groups is 1. The number of benzene rings is 1. The van der Waals surface area contributed by atoms with Gasteiger partial charge in [0.25, 0.3) is 0 Å². The highest BCUT2D eigenvalue weighted by Gasteiger charge is 2.09.